The molecule has 12 N–H and O–H groups in total. The number of carboxylic acid groups (broad SMARTS) is 1. The van der Waals surface area contributed by atoms with Crippen molar-refractivity contribution in [3.8, 4) is 0 Å². The number of nitrogens with zero attached hydrogens (tertiary/aromatic N) is 2. The molecule has 2 rings (SSSR count). The highest BCUT2D eigenvalue weighted by atomic mass is 19.4. The number of guanidine groups is 1. The molecule has 4 amide bonds. The molecule has 0 spiro atoms. The highest BCUT2D eigenvalue weighted by molar-refractivity contribution is 6.02. The summed E-state index contributed by atoms with van der Waals surface area (Å²) in [6.07, 6.45) is 1.09. The zero-order valence-electron chi connectivity index (χ0n) is 27.0. The number of primary amides is 1. The van der Waals surface area contributed by atoms with Gasteiger partial charge in [-0.05, 0) is 37.2 Å². The van der Waals surface area contributed by atoms with Crippen molar-refractivity contribution in [3.63, 3.8) is 0 Å². The number of nitrogen functional groups attached to an aromatic ring is 1. The van der Waals surface area contributed by atoms with Crippen LogP contribution in [0, 0.1) is 17.2 Å². The van der Waals surface area contributed by atoms with Gasteiger partial charge < -0.3 is 43.6 Å². The Morgan fingerprint density at radius 3 is 1.96 bits per heavy atom. The van der Waals surface area contributed by atoms with E-state index in [1.165, 1.54) is 4.90 Å². The Kier molecular flexibility index (Phi) is 16.9. The smallest absolute Gasteiger partial charge is 0.475 e. The third kappa shape index (κ3) is 15.1. The molecule has 268 valence electrons. The Labute approximate surface area is 276 Å². The number of nitrogens with two attached hydrogens (primary N) is 4. The fourth-order valence-corrected chi connectivity index (χ4v) is 4.98. The lowest BCUT2D eigenvalue weighted by Gasteiger charge is -2.29. The number of hydrogen-bond donors (Lipinski definition) is 8. The molecule has 48 heavy (non-hydrogen) atoms. The molecule has 1 aliphatic rings. The van der Waals surface area contributed by atoms with Gasteiger partial charge in [-0.1, -0.05) is 56.4 Å². The van der Waals surface area contributed by atoms with Crippen LogP contribution in [0.5, 0.6) is 0 Å². The van der Waals surface area contributed by atoms with Crippen molar-refractivity contribution in [2.24, 2.45) is 39.8 Å². The van der Waals surface area contributed by atoms with Gasteiger partial charge in [0.15, 0.2) is 5.96 Å². The largest absolute Gasteiger partial charge is 0.490 e. The van der Waals surface area contributed by atoms with Gasteiger partial charge >= 0.3 is 12.1 Å². The lowest BCUT2D eigenvalue weighted by Crippen LogP contribution is -2.55. The quantitative estimate of drug-likeness (QED) is 0.0546. The minimum Gasteiger partial charge on any atom is -0.475 e. The summed E-state index contributed by atoms with van der Waals surface area (Å²) in [6, 6.07) is 4.81. The average Bonchev–Trinajstić information content (AvgIpc) is 3.00. The number of carbonyl (C=O) groups is 5. The molecule has 15 nitrogen and oxygen atoms in total. The van der Waals surface area contributed by atoms with Gasteiger partial charge in [-0.2, -0.15) is 13.2 Å². The molecule has 0 saturated heterocycles. The van der Waals surface area contributed by atoms with E-state index in [0.29, 0.717) is 24.0 Å². The predicted molar refractivity (Wildman–Crippen MR) is 171 cm³/mol. The average molecular weight is 686 g/mol. The summed E-state index contributed by atoms with van der Waals surface area (Å²) >= 11 is 0. The number of aliphatic imine (C=N–C) groups is 1. The van der Waals surface area contributed by atoms with Crippen LogP contribution in [0.4, 0.5) is 13.2 Å². The van der Waals surface area contributed by atoms with Crippen molar-refractivity contribution in [2.45, 2.75) is 76.0 Å². The highest BCUT2D eigenvalue weighted by Gasteiger charge is 2.38. The molecule has 1 unspecified atom stereocenters. The molecular formula is C30H46F3N9O6. The van der Waals surface area contributed by atoms with Crippen LogP contribution in [0.25, 0.3) is 0 Å². The molecule has 1 aliphatic carbocycles. The molecule has 0 radical (unpaired) electrons. The monoisotopic (exact) mass is 685 g/mol. The molecule has 0 aliphatic heterocycles. The van der Waals surface area contributed by atoms with Crippen LogP contribution in [0.2, 0.25) is 0 Å². The minimum atomic E-state index is -5.08. The Balaban J connectivity index is 0.00000148. The number of benzene rings is 1. The van der Waals surface area contributed by atoms with Gasteiger partial charge in [-0.15, -0.1) is 0 Å². The molecule has 1 aromatic carbocycles. The van der Waals surface area contributed by atoms with E-state index >= 15 is 0 Å². The molecule has 1 saturated carbocycles. The normalized spacial score (nSPS) is 14.9. The summed E-state index contributed by atoms with van der Waals surface area (Å²) in [5.74, 6) is -6.03. The summed E-state index contributed by atoms with van der Waals surface area (Å²) in [4.78, 5) is 66.4. The van der Waals surface area contributed by atoms with Crippen LogP contribution >= 0.6 is 0 Å². The SMILES string of the molecule is CN(C)C(=O)C(Cc1ccc(C(=N)N)cc1)C(=O)N[C@@H](CC1CCCCC1)C(=O)N[C@@H](CCCN=C(N)N)C(N)=O.O=C(O)C(F)(F)F. The van der Waals surface area contributed by atoms with Crippen molar-refractivity contribution in [1.82, 2.24) is 15.5 Å². The zero-order valence-corrected chi connectivity index (χ0v) is 27.0. The minimum absolute atomic E-state index is 0.0726. The number of amidine groups is 1. The van der Waals surface area contributed by atoms with Crippen LogP contribution in [-0.4, -0.2) is 90.3 Å². The van der Waals surface area contributed by atoms with E-state index in [2.05, 4.69) is 15.6 Å². The summed E-state index contributed by atoms with van der Waals surface area (Å²) < 4.78 is 31.7. The molecule has 0 aromatic heterocycles. The Hall–Kier alpha value is -4.90. The van der Waals surface area contributed by atoms with Crippen LogP contribution in [0.3, 0.4) is 0 Å². The first kappa shape index (κ1) is 41.1. The Morgan fingerprint density at radius 1 is 0.958 bits per heavy atom. The highest BCUT2D eigenvalue weighted by Crippen LogP contribution is 2.28. The number of nitrogens with one attached hydrogen (secondary N) is 3. The summed E-state index contributed by atoms with van der Waals surface area (Å²) in [5, 5.41) is 20.2. The van der Waals surface area contributed by atoms with Gasteiger partial charge in [0.2, 0.25) is 23.6 Å². The summed E-state index contributed by atoms with van der Waals surface area (Å²) in [7, 11) is 3.13. The number of aliphatic carboxylic acids is 1. The number of alkyl halides is 3. The number of carbonyl (C=O) groups excluding carboxylic acids is 4. The molecule has 1 aromatic rings. The maximum atomic E-state index is 13.6. The lowest BCUT2D eigenvalue weighted by atomic mass is 9.84. The van der Waals surface area contributed by atoms with Crippen molar-refractivity contribution in [3.05, 3.63) is 35.4 Å². The summed E-state index contributed by atoms with van der Waals surface area (Å²) in [6.45, 7) is 0.270. The van der Waals surface area contributed by atoms with Crippen molar-refractivity contribution in [1.29, 1.82) is 5.41 Å². The second-order valence-corrected chi connectivity index (χ2v) is 11.6. The standard InChI is InChI=1S/C28H45N9O4.C2HF3O2/c1-37(2)27(41)20(15-18-10-12-19(13-11-18)23(29)30)25(39)36-22(16-17-7-4-3-5-8-17)26(40)35-21(24(31)38)9-6-14-34-28(32)33;3-2(4,5)1(6)7/h10-13,17,20-22H,3-9,14-16H2,1-2H3,(H3,29,30)(H2,31,38)(H,35,40)(H,36,39)(H4,32,33,34);(H,6,7)/t20?,21-,22-;/m0./s1. The number of halogens is 3. The fraction of sp³-hybridized carbons (Fsp3) is 0.567. The number of amides is 4. The zero-order chi connectivity index (χ0) is 36.6. The topological polar surface area (TPSA) is 273 Å². The number of rotatable bonds is 15. The molecule has 0 bridgehead atoms. The van der Waals surface area contributed by atoms with E-state index in [-0.39, 0.29) is 37.1 Å². The van der Waals surface area contributed by atoms with Gasteiger partial charge in [-0.3, -0.25) is 29.6 Å². The van der Waals surface area contributed by atoms with E-state index in [4.69, 9.17) is 38.2 Å². The second-order valence-electron chi connectivity index (χ2n) is 11.6. The van der Waals surface area contributed by atoms with Gasteiger partial charge in [0, 0.05) is 26.2 Å². The Morgan fingerprint density at radius 2 is 1.50 bits per heavy atom. The third-order valence-corrected chi connectivity index (χ3v) is 7.53. The first-order valence-electron chi connectivity index (χ1n) is 15.2. The van der Waals surface area contributed by atoms with Crippen molar-refractivity contribution in [2.75, 3.05) is 20.6 Å². The van der Waals surface area contributed by atoms with Crippen LogP contribution in [0.1, 0.15) is 62.5 Å². The maximum absolute atomic E-state index is 13.6. The van der Waals surface area contributed by atoms with Crippen LogP contribution < -0.4 is 33.6 Å². The third-order valence-electron chi connectivity index (χ3n) is 7.53. The Bertz CT molecular complexity index is 1300. The van der Waals surface area contributed by atoms with Gasteiger partial charge in [0.1, 0.15) is 23.8 Å². The fourth-order valence-electron chi connectivity index (χ4n) is 4.98. The van der Waals surface area contributed by atoms with Crippen LogP contribution in [-0.2, 0) is 30.4 Å². The van der Waals surface area contributed by atoms with Gasteiger partial charge in [0.25, 0.3) is 0 Å². The second kappa shape index (κ2) is 19.7. The van der Waals surface area contributed by atoms with Gasteiger partial charge in [0.05, 0.1) is 0 Å². The van der Waals surface area contributed by atoms with E-state index in [0.717, 1.165) is 32.1 Å². The van der Waals surface area contributed by atoms with Crippen molar-refractivity contribution >= 4 is 41.4 Å². The maximum Gasteiger partial charge on any atom is 0.490 e. The van der Waals surface area contributed by atoms with Crippen LogP contribution in [0.15, 0.2) is 29.3 Å². The molecule has 3 atom stereocenters. The predicted octanol–water partition coefficient (Wildman–Crippen LogP) is 0.330. The van der Waals surface area contributed by atoms with Gasteiger partial charge in [-0.25, -0.2) is 4.79 Å². The van der Waals surface area contributed by atoms with E-state index in [9.17, 15) is 32.3 Å². The molecule has 1 fully saturated rings. The summed E-state index contributed by atoms with van der Waals surface area (Å²) in [5.41, 5.74) is 23.0. The van der Waals surface area contributed by atoms with E-state index < -0.39 is 53.8 Å². The number of carboxylic acids is 1. The molecular weight excluding hydrogens is 639 g/mol. The lowest BCUT2D eigenvalue weighted by molar-refractivity contribution is -0.192. The number of hydrogen-bond acceptors (Lipinski definition) is 7. The van der Waals surface area contributed by atoms with E-state index in [1.807, 2.05) is 0 Å². The molecule has 0 heterocycles. The first-order valence-corrected chi connectivity index (χ1v) is 15.2. The molecule has 18 heteroatoms. The first-order chi connectivity index (χ1) is 22.3. The van der Waals surface area contributed by atoms with Crippen molar-refractivity contribution < 1.29 is 42.3 Å². The van der Waals surface area contributed by atoms with E-state index in [1.54, 1.807) is 38.4 Å².